The molecule has 1 saturated heterocycles. The highest BCUT2D eigenvalue weighted by molar-refractivity contribution is 5.78. The summed E-state index contributed by atoms with van der Waals surface area (Å²) in [6, 6.07) is 8.33. The first-order valence-electron chi connectivity index (χ1n) is 9.88. The SMILES string of the molecule is CCN1CCN(CC(C)CN=C(N)NC2CCOc3ccccc32)CC1. The highest BCUT2D eigenvalue weighted by Crippen LogP contribution is 2.31. The lowest BCUT2D eigenvalue weighted by Gasteiger charge is -2.35. The van der Waals surface area contributed by atoms with Gasteiger partial charge >= 0.3 is 0 Å². The molecule has 1 fully saturated rings. The molecule has 0 aromatic heterocycles. The number of hydrogen-bond acceptors (Lipinski definition) is 4. The van der Waals surface area contributed by atoms with E-state index in [0.717, 1.165) is 44.9 Å². The van der Waals surface area contributed by atoms with Gasteiger partial charge in [0.15, 0.2) is 5.96 Å². The maximum absolute atomic E-state index is 6.16. The van der Waals surface area contributed by atoms with Crippen molar-refractivity contribution in [3.8, 4) is 5.75 Å². The summed E-state index contributed by atoms with van der Waals surface area (Å²) < 4.78 is 5.70. The molecule has 2 unspecified atom stereocenters. The number of nitrogens with zero attached hydrogens (tertiary/aromatic N) is 3. The van der Waals surface area contributed by atoms with Crippen molar-refractivity contribution in [1.82, 2.24) is 15.1 Å². The summed E-state index contributed by atoms with van der Waals surface area (Å²) >= 11 is 0. The number of hydrogen-bond donors (Lipinski definition) is 2. The van der Waals surface area contributed by atoms with Crippen LogP contribution in [-0.2, 0) is 0 Å². The zero-order valence-electron chi connectivity index (χ0n) is 16.2. The van der Waals surface area contributed by atoms with Crippen LogP contribution in [0.3, 0.4) is 0 Å². The summed E-state index contributed by atoms with van der Waals surface area (Å²) in [5.74, 6) is 1.99. The number of piperazine rings is 1. The van der Waals surface area contributed by atoms with Gasteiger partial charge in [0.2, 0.25) is 0 Å². The largest absolute Gasteiger partial charge is 0.493 e. The van der Waals surface area contributed by atoms with E-state index < -0.39 is 0 Å². The molecule has 0 radical (unpaired) electrons. The van der Waals surface area contributed by atoms with Crippen molar-refractivity contribution in [2.24, 2.45) is 16.6 Å². The number of fused-ring (bicyclic) bond motifs is 1. The molecule has 144 valence electrons. The van der Waals surface area contributed by atoms with E-state index in [1.165, 1.54) is 18.7 Å². The number of likely N-dealkylation sites (N-methyl/N-ethyl adjacent to an activating group) is 1. The number of nitrogens with two attached hydrogens (primary N) is 1. The maximum atomic E-state index is 6.16. The Bertz CT molecular complexity index is 598. The van der Waals surface area contributed by atoms with Gasteiger partial charge < -0.3 is 25.6 Å². The molecule has 0 spiro atoms. The van der Waals surface area contributed by atoms with Crippen LogP contribution in [0, 0.1) is 5.92 Å². The summed E-state index contributed by atoms with van der Waals surface area (Å²) in [5, 5.41) is 3.37. The zero-order valence-corrected chi connectivity index (χ0v) is 16.2. The third-order valence-corrected chi connectivity index (χ3v) is 5.34. The number of aliphatic imine (C=N–C) groups is 1. The number of ether oxygens (including phenoxy) is 1. The van der Waals surface area contributed by atoms with Crippen LogP contribution in [0.4, 0.5) is 0 Å². The smallest absolute Gasteiger partial charge is 0.189 e. The van der Waals surface area contributed by atoms with Crippen molar-refractivity contribution in [3.63, 3.8) is 0 Å². The second-order valence-electron chi connectivity index (χ2n) is 7.44. The van der Waals surface area contributed by atoms with Gasteiger partial charge in [-0.1, -0.05) is 32.0 Å². The molecule has 2 heterocycles. The highest BCUT2D eigenvalue weighted by Gasteiger charge is 2.21. The van der Waals surface area contributed by atoms with Crippen molar-refractivity contribution in [2.75, 3.05) is 52.4 Å². The van der Waals surface area contributed by atoms with Gasteiger partial charge in [0.05, 0.1) is 12.6 Å². The molecule has 3 N–H and O–H groups in total. The van der Waals surface area contributed by atoms with Crippen LogP contribution < -0.4 is 15.8 Å². The zero-order chi connectivity index (χ0) is 18.4. The molecule has 6 heteroatoms. The standard InChI is InChI=1S/C20H33N5O/c1-3-24-9-11-25(12-10-24)15-16(2)14-22-20(21)23-18-8-13-26-19-7-5-4-6-17(18)19/h4-7,16,18H,3,8-15H2,1-2H3,(H3,21,22,23). The molecule has 0 aliphatic carbocycles. The van der Waals surface area contributed by atoms with Gasteiger partial charge in [-0.25, -0.2) is 0 Å². The normalized spacial score (nSPS) is 23.2. The predicted molar refractivity (Wildman–Crippen MR) is 107 cm³/mol. The fourth-order valence-corrected chi connectivity index (χ4v) is 3.76. The maximum Gasteiger partial charge on any atom is 0.189 e. The first-order valence-corrected chi connectivity index (χ1v) is 9.88. The van der Waals surface area contributed by atoms with Gasteiger partial charge in [-0.15, -0.1) is 0 Å². The van der Waals surface area contributed by atoms with Crippen LogP contribution in [0.5, 0.6) is 5.75 Å². The van der Waals surface area contributed by atoms with E-state index in [1.54, 1.807) is 0 Å². The molecule has 2 atom stereocenters. The van der Waals surface area contributed by atoms with Crippen molar-refractivity contribution in [2.45, 2.75) is 26.3 Å². The molecule has 0 amide bonds. The van der Waals surface area contributed by atoms with Gasteiger partial charge in [0.25, 0.3) is 0 Å². The quantitative estimate of drug-likeness (QED) is 0.598. The summed E-state index contributed by atoms with van der Waals surface area (Å²) in [5.41, 5.74) is 7.32. The molecule has 0 saturated carbocycles. The molecule has 1 aromatic carbocycles. The average molecular weight is 360 g/mol. The lowest BCUT2D eigenvalue weighted by atomic mass is 10.0. The van der Waals surface area contributed by atoms with Crippen molar-refractivity contribution in [3.05, 3.63) is 29.8 Å². The van der Waals surface area contributed by atoms with Gasteiger partial charge in [-0.05, 0) is 18.5 Å². The van der Waals surface area contributed by atoms with Crippen molar-refractivity contribution in [1.29, 1.82) is 0 Å². The molecule has 6 nitrogen and oxygen atoms in total. The van der Waals surface area contributed by atoms with Crippen LogP contribution in [0.15, 0.2) is 29.3 Å². The van der Waals surface area contributed by atoms with Crippen LogP contribution in [0.25, 0.3) is 0 Å². The van der Waals surface area contributed by atoms with E-state index in [4.69, 9.17) is 10.5 Å². The molecule has 2 aliphatic heterocycles. The fraction of sp³-hybridized carbons (Fsp3) is 0.650. The molecule has 0 bridgehead atoms. The van der Waals surface area contributed by atoms with Gasteiger partial charge in [0, 0.05) is 51.3 Å². The first kappa shape index (κ1) is 19.0. The minimum atomic E-state index is 0.182. The molecular formula is C20H33N5O. The Hall–Kier alpha value is -1.79. The number of guanidine groups is 1. The van der Waals surface area contributed by atoms with E-state index in [9.17, 15) is 0 Å². The van der Waals surface area contributed by atoms with E-state index in [2.05, 4.69) is 40.0 Å². The molecule has 3 rings (SSSR count). The second-order valence-corrected chi connectivity index (χ2v) is 7.44. The minimum Gasteiger partial charge on any atom is -0.493 e. The molecule has 1 aromatic rings. The Labute approximate surface area is 157 Å². The lowest BCUT2D eigenvalue weighted by molar-refractivity contribution is 0.125. The van der Waals surface area contributed by atoms with Crippen LogP contribution in [0.1, 0.15) is 31.9 Å². The number of nitrogens with one attached hydrogen (secondary N) is 1. The Morgan fingerprint density at radius 3 is 2.77 bits per heavy atom. The first-order chi connectivity index (χ1) is 12.7. The molecular weight excluding hydrogens is 326 g/mol. The van der Waals surface area contributed by atoms with Crippen molar-refractivity contribution < 1.29 is 4.74 Å². The lowest BCUT2D eigenvalue weighted by Crippen LogP contribution is -2.47. The van der Waals surface area contributed by atoms with Gasteiger partial charge in [0.1, 0.15) is 5.75 Å². The van der Waals surface area contributed by atoms with Crippen LogP contribution >= 0.6 is 0 Å². The number of benzene rings is 1. The molecule has 26 heavy (non-hydrogen) atoms. The number of para-hydroxylation sites is 1. The Morgan fingerprint density at radius 2 is 2.00 bits per heavy atom. The summed E-state index contributed by atoms with van der Waals surface area (Å²) in [6.07, 6.45) is 0.907. The number of rotatable bonds is 6. The van der Waals surface area contributed by atoms with E-state index in [1.807, 2.05) is 18.2 Å². The average Bonchev–Trinajstić information content (AvgIpc) is 2.67. The Balaban J connectivity index is 1.45. The van der Waals surface area contributed by atoms with Crippen molar-refractivity contribution >= 4 is 5.96 Å². The fourth-order valence-electron chi connectivity index (χ4n) is 3.76. The predicted octanol–water partition coefficient (Wildman–Crippen LogP) is 1.69. The topological polar surface area (TPSA) is 66.1 Å². The summed E-state index contributed by atoms with van der Waals surface area (Å²) in [4.78, 5) is 9.65. The Kier molecular flexibility index (Phi) is 6.74. The summed E-state index contributed by atoms with van der Waals surface area (Å²) in [7, 11) is 0. The van der Waals surface area contributed by atoms with E-state index in [0.29, 0.717) is 18.5 Å². The highest BCUT2D eigenvalue weighted by atomic mass is 16.5. The summed E-state index contributed by atoms with van der Waals surface area (Å²) in [6.45, 7) is 12.9. The van der Waals surface area contributed by atoms with Gasteiger partial charge in [-0.3, -0.25) is 4.99 Å². The van der Waals surface area contributed by atoms with Gasteiger partial charge in [-0.2, -0.15) is 0 Å². The third kappa shape index (κ3) is 5.11. The van der Waals surface area contributed by atoms with E-state index in [-0.39, 0.29) is 6.04 Å². The monoisotopic (exact) mass is 359 g/mol. The van der Waals surface area contributed by atoms with E-state index >= 15 is 0 Å². The third-order valence-electron chi connectivity index (χ3n) is 5.34. The van der Waals surface area contributed by atoms with Crippen LogP contribution in [0.2, 0.25) is 0 Å². The molecule has 2 aliphatic rings. The second kappa shape index (κ2) is 9.24. The van der Waals surface area contributed by atoms with Crippen LogP contribution in [-0.4, -0.2) is 68.2 Å². The Morgan fingerprint density at radius 1 is 1.27 bits per heavy atom. The minimum absolute atomic E-state index is 0.182.